The zero-order valence-corrected chi connectivity index (χ0v) is 20.9. The molecular formula is C25H16Cl2FN3O4S. The lowest BCUT2D eigenvalue weighted by molar-refractivity contribution is 0.413. The molecule has 5 aromatic rings. The Balaban J connectivity index is 1.60. The van der Waals surface area contributed by atoms with Crippen LogP contribution in [0.4, 0.5) is 4.39 Å². The van der Waals surface area contributed by atoms with Gasteiger partial charge in [0, 0.05) is 27.6 Å². The molecule has 0 atom stereocenters. The molecule has 11 heteroatoms. The normalized spacial score (nSPS) is 11.7. The molecule has 0 radical (unpaired) electrons. The summed E-state index contributed by atoms with van der Waals surface area (Å²) < 4.78 is 49.7. The van der Waals surface area contributed by atoms with Crippen molar-refractivity contribution in [3.05, 3.63) is 88.7 Å². The van der Waals surface area contributed by atoms with E-state index in [0.29, 0.717) is 49.8 Å². The van der Waals surface area contributed by atoms with Crippen molar-refractivity contribution in [2.45, 2.75) is 10.6 Å². The van der Waals surface area contributed by atoms with E-state index in [1.54, 1.807) is 24.3 Å². The molecule has 3 aromatic carbocycles. The first-order chi connectivity index (χ1) is 17.3. The van der Waals surface area contributed by atoms with Gasteiger partial charge in [0.2, 0.25) is 0 Å². The third-order valence-corrected chi connectivity index (χ3v) is 7.82. The van der Waals surface area contributed by atoms with Gasteiger partial charge in [0.1, 0.15) is 29.9 Å². The van der Waals surface area contributed by atoms with Gasteiger partial charge in [-0.15, -0.1) is 0 Å². The molecule has 36 heavy (non-hydrogen) atoms. The molecule has 5 rings (SSSR count). The van der Waals surface area contributed by atoms with Crippen LogP contribution in [0, 0.1) is 5.82 Å². The van der Waals surface area contributed by atoms with Crippen LogP contribution < -0.4 is 4.74 Å². The van der Waals surface area contributed by atoms with Gasteiger partial charge in [-0.2, -0.15) is 0 Å². The van der Waals surface area contributed by atoms with E-state index in [1.165, 1.54) is 50.0 Å². The lowest BCUT2D eigenvalue weighted by atomic mass is 9.99. The smallest absolute Gasteiger partial charge is 0.184 e. The average Bonchev–Trinajstić information content (AvgIpc) is 3.37. The second-order valence-corrected chi connectivity index (χ2v) is 10.6. The summed E-state index contributed by atoms with van der Waals surface area (Å²) in [5.41, 5.74) is 3.02. The lowest BCUT2D eigenvalue weighted by Gasteiger charge is -2.14. The van der Waals surface area contributed by atoms with Crippen LogP contribution in [-0.4, -0.2) is 30.7 Å². The summed E-state index contributed by atoms with van der Waals surface area (Å²) in [7, 11) is -2.17. The molecule has 0 saturated heterocycles. The fraction of sp³-hybridized carbons (Fsp3) is 0.0800. The maximum Gasteiger partial charge on any atom is 0.184 e. The molecular weight excluding hydrogens is 528 g/mol. The Bertz CT molecular complexity index is 1710. The van der Waals surface area contributed by atoms with Crippen LogP contribution >= 0.6 is 23.2 Å². The van der Waals surface area contributed by atoms with Gasteiger partial charge >= 0.3 is 0 Å². The summed E-state index contributed by atoms with van der Waals surface area (Å²) in [5, 5.41) is 4.62. The summed E-state index contributed by atoms with van der Waals surface area (Å²) in [6.45, 7) is 0. The molecule has 0 fully saturated rings. The van der Waals surface area contributed by atoms with E-state index in [0.717, 1.165) is 0 Å². The first-order valence-electron chi connectivity index (χ1n) is 10.5. The standard InChI is InChI=1S/C25H16Cl2FN3O4S/c1-34-24-11-18(14-2-5-22(28)21(27)8-14)20(26)10-19(24)25-17-4-3-16(9-23(17)29-13-30-25)36(32,33)12-15-6-7-35-31-15/h2-11,13H,12H2,1H3. The third kappa shape index (κ3) is 4.53. The van der Waals surface area contributed by atoms with Crippen LogP contribution in [-0.2, 0) is 15.6 Å². The van der Waals surface area contributed by atoms with Gasteiger partial charge in [-0.1, -0.05) is 34.4 Å². The number of hydrogen-bond acceptors (Lipinski definition) is 7. The van der Waals surface area contributed by atoms with Gasteiger partial charge in [-0.25, -0.2) is 22.8 Å². The van der Waals surface area contributed by atoms with Crippen molar-refractivity contribution in [1.82, 2.24) is 15.1 Å². The second kappa shape index (κ2) is 9.50. The Morgan fingerprint density at radius 1 is 0.972 bits per heavy atom. The van der Waals surface area contributed by atoms with Crippen LogP contribution in [0.3, 0.4) is 0 Å². The van der Waals surface area contributed by atoms with E-state index in [-0.39, 0.29) is 15.7 Å². The molecule has 7 nitrogen and oxygen atoms in total. The molecule has 0 bridgehead atoms. The fourth-order valence-electron chi connectivity index (χ4n) is 3.83. The quantitative estimate of drug-likeness (QED) is 0.245. The Kier molecular flexibility index (Phi) is 6.38. The van der Waals surface area contributed by atoms with Crippen molar-refractivity contribution in [3.8, 4) is 28.1 Å². The highest BCUT2D eigenvalue weighted by molar-refractivity contribution is 7.90. The highest BCUT2D eigenvalue weighted by Crippen LogP contribution is 2.41. The van der Waals surface area contributed by atoms with Gasteiger partial charge in [-0.05, 0) is 48.0 Å². The van der Waals surface area contributed by atoms with Crippen molar-refractivity contribution >= 4 is 43.9 Å². The fourth-order valence-corrected chi connectivity index (χ4v) is 5.55. The Morgan fingerprint density at radius 2 is 1.81 bits per heavy atom. The largest absolute Gasteiger partial charge is 0.496 e. The SMILES string of the molecule is COc1cc(-c2ccc(F)c(Cl)c2)c(Cl)cc1-c1ncnc2cc(S(=O)(=O)Cc3ccon3)ccc12. The zero-order valence-electron chi connectivity index (χ0n) is 18.6. The molecule has 0 saturated carbocycles. The minimum atomic E-state index is -3.68. The van der Waals surface area contributed by atoms with E-state index in [1.807, 2.05) is 0 Å². The number of rotatable bonds is 6. The summed E-state index contributed by atoms with van der Waals surface area (Å²) in [6, 6.07) is 13.8. The number of benzene rings is 3. The Morgan fingerprint density at radius 3 is 2.53 bits per heavy atom. The maximum atomic E-state index is 13.6. The molecule has 0 amide bonds. The minimum absolute atomic E-state index is 0.0253. The number of fused-ring (bicyclic) bond motifs is 1. The highest BCUT2D eigenvalue weighted by Gasteiger charge is 2.21. The van der Waals surface area contributed by atoms with E-state index in [4.69, 9.17) is 32.5 Å². The monoisotopic (exact) mass is 543 g/mol. The predicted molar refractivity (Wildman–Crippen MR) is 134 cm³/mol. The molecule has 0 aliphatic carbocycles. The number of ether oxygens (including phenoxy) is 1. The molecule has 0 aliphatic rings. The van der Waals surface area contributed by atoms with Gasteiger partial charge < -0.3 is 9.26 Å². The molecule has 2 heterocycles. The van der Waals surface area contributed by atoms with Gasteiger partial charge in [0.15, 0.2) is 9.84 Å². The number of hydrogen-bond donors (Lipinski definition) is 0. The zero-order chi connectivity index (χ0) is 25.4. The third-order valence-electron chi connectivity index (χ3n) is 5.57. The summed E-state index contributed by atoms with van der Waals surface area (Å²) in [4.78, 5) is 8.77. The minimum Gasteiger partial charge on any atom is -0.496 e. The first-order valence-corrected chi connectivity index (χ1v) is 12.9. The van der Waals surface area contributed by atoms with Crippen LogP contribution in [0.1, 0.15) is 5.69 Å². The second-order valence-electron chi connectivity index (χ2n) is 7.81. The van der Waals surface area contributed by atoms with Crippen molar-refractivity contribution < 1.29 is 22.1 Å². The van der Waals surface area contributed by atoms with Crippen molar-refractivity contribution in [2.75, 3.05) is 7.11 Å². The van der Waals surface area contributed by atoms with E-state index in [2.05, 4.69) is 15.1 Å². The van der Waals surface area contributed by atoms with Crippen molar-refractivity contribution in [2.24, 2.45) is 0 Å². The predicted octanol–water partition coefficient (Wildman–Crippen LogP) is 6.38. The molecule has 0 aliphatic heterocycles. The first kappa shape index (κ1) is 24.2. The van der Waals surface area contributed by atoms with Crippen molar-refractivity contribution in [1.29, 1.82) is 0 Å². The van der Waals surface area contributed by atoms with E-state index in [9.17, 15) is 12.8 Å². The maximum absolute atomic E-state index is 13.6. The topological polar surface area (TPSA) is 95.2 Å². The number of nitrogens with zero attached hydrogens (tertiary/aromatic N) is 3. The van der Waals surface area contributed by atoms with Crippen LogP contribution in [0.5, 0.6) is 5.75 Å². The van der Waals surface area contributed by atoms with E-state index >= 15 is 0 Å². The average molecular weight is 544 g/mol. The number of halogens is 3. The van der Waals surface area contributed by atoms with E-state index < -0.39 is 15.7 Å². The summed E-state index contributed by atoms with van der Waals surface area (Å²) in [6.07, 6.45) is 2.66. The van der Waals surface area contributed by atoms with Crippen LogP contribution in [0.25, 0.3) is 33.3 Å². The molecule has 0 unspecified atom stereocenters. The Labute approximate surface area is 215 Å². The van der Waals surface area contributed by atoms with Crippen LogP contribution in [0.15, 0.2) is 76.6 Å². The number of aromatic nitrogens is 3. The van der Waals surface area contributed by atoms with Gasteiger partial charge in [-0.3, -0.25) is 0 Å². The van der Waals surface area contributed by atoms with Gasteiger partial charge in [0.25, 0.3) is 0 Å². The molecule has 0 N–H and O–H groups in total. The molecule has 0 spiro atoms. The van der Waals surface area contributed by atoms with Crippen molar-refractivity contribution in [3.63, 3.8) is 0 Å². The summed E-state index contributed by atoms with van der Waals surface area (Å²) >= 11 is 12.6. The molecule has 2 aromatic heterocycles. The highest BCUT2D eigenvalue weighted by atomic mass is 35.5. The van der Waals surface area contributed by atoms with Crippen LogP contribution in [0.2, 0.25) is 10.0 Å². The number of sulfone groups is 1. The lowest BCUT2D eigenvalue weighted by Crippen LogP contribution is -2.05. The van der Waals surface area contributed by atoms with Gasteiger partial charge in [0.05, 0.1) is 33.9 Å². The summed E-state index contributed by atoms with van der Waals surface area (Å²) in [5.74, 6) is -0.377. The Hall–Kier alpha value is -3.53. The molecule has 182 valence electrons. The number of methoxy groups -OCH3 is 1.